The quantitative estimate of drug-likeness (QED) is 0.341. The molecule has 0 aliphatic heterocycles. The molecule has 0 bridgehead atoms. The van der Waals surface area contributed by atoms with Gasteiger partial charge in [0.2, 0.25) is 0 Å². The number of esters is 1. The van der Waals surface area contributed by atoms with Crippen molar-refractivity contribution in [3.63, 3.8) is 0 Å². The van der Waals surface area contributed by atoms with Gasteiger partial charge in [0.15, 0.2) is 0 Å². The zero-order valence-corrected chi connectivity index (χ0v) is 6.73. The van der Waals surface area contributed by atoms with Crippen molar-refractivity contribution in [3.8, 4) is 0 Å². The fourth-order valence-electron chi connectivity index (χ4n) is 0.611. The van der Waals surface area contributed by atoms with Crippen LogP contribution in [-0.4, -0.2) is 25.0 Å². The Morgan fingerprint density at radius 2 is 1.85 bits per heavy atom. The van der Waals surface area contributed by atoms with Crippen molar-refractivity contribution in [1.29, 1.82) is 0 Å². The summed E-state index contributed by atoms with van der Waals surface area (Å²) in [5.41, 5.74) is -0.525. The lowest BCUT2D eigenvalue weighted by molar-refractivity contribution is -0.304. The smallest absolute Gasteiger partial charge is 0.334 e. The van der Waals surface area contributed by atoms with E-state index in [-0.39, 0.29) is 0 Å². The molecule has 0 atom stereocenters. The fourth-order valence-corrected chi connectivity index (χ4v) is 0.611. The van der Waals surface area contributed by atoms with Crippen molar-refractivity contribution in [2.24, 2.45) is 0 Å². The monoisotopic (exact) mass is 186 g/mol. The van der Waals surface area contributed by atoms with Gasteiger partial charge in [0.25, 0.3) is 0 Å². The van der Waals surface area contributed by atoms with Gasteiger partial charge in [0, 0.05) is 18.0 Å². The van der Waals surface area contributed by atoms with Gasteiger partial charge in [0.05, 0.1) is 13.1 Å². The van der Waals surface area contributed by atoms with Crippen LogP contribution in [0.25, 0.3) is 0 Å². The van der Waals surface area contributed by atoms with Crippen LogP contribution < -0.4 is 10.2 Å². The van der Waals surface area contributed by atoms with Gasteiger partial charge in [0.1, 0.15) is 0 Å². The Morgan fingerprint density at radius 1 is 1.31 bits per heavy atom. The van der Waals surface area contributed by atoms with Gasteiger partial charge in [-0.2, -0.15) is 0 Å². The molecule has 0 aliphatic rings. The van der Waals surface area contributed by atoms with Crippen LogP contribution in [0.3, 0.4) is 0 Å². The Morgan fingerprint density at radius 3 is 2.15 bits per heavy atom. The van der Waals surface area contributed by atoms with E-state index in [9.17, 15) is 24.6 Å². The first-order chi connectivity index (χ1) is 5.97. The SMILES string of the molecule is COC(=O)/C(=C/C(=O)[O-])CC(=O)[O-]. The van der Waals surface area contributed by atoms with E-state index in [4.69, 9.17) is 0 Å². The number of carboxylic acid groups (broad SMARTS) is 2. The summed E-state index contributed by atoms with van der Waals surface area (Å²) in [6.07, 6.45) is -0.456. The molecule has 0 saturated carbocycles. The third kappa shape index (κ3) is 4.57. The minimum Gasteiger partial charge on any atom is -0.550 e. The van der Waals surface area contributed by atoms with E-state index in [1.807, 2.05) is 0 Å². The molecular weight excluding hydrogens is 180 g/mol. The first-order valence-electron chi connectivity index (χ1n) is 3.17. The molecule has 0 heterocycles. The number of hydrogen-bond acceptors (Lipinski definition) is 6. The Kier molecular flexibility index (Phi) is 4.21. The summed E-state index contributed by atoms with van der Waals surface area (Å²) in [7, 11) is 1.00. The Hall–Kier alpha value is -1.85. The van der Waals surface area contributed by atoms with Crippen molar-refractivity contribution in [1.82, 2.24) is 0 Å². The summed E-state index contributed by atoms with van der Waals surface area (Å²) in [6.45, 7) is 0. The van der Waals surface area contributed by atoms with Gasteiger partial charge in [-0.1, -0.05) is 0 Å². The molecule has 6 heteroatoms. The Balaban J connectivity index is 4.65. The molecule has 0 rings (SSSR count). The van der Waals surface area contributed by atoms with Gasteiger partial charge in [-0.15, -0.1) is 0 Å². The molecule has 0 unspecified atom stereocenters. The van der Waals surface area contributed by atoms with Gasteiger partial charge in [-0.3, -0.25) is 0 Å². The highest BCUT2D eigenvalue weighted by Crippen LogP contribution is 2.01. The van der Waals surface area contributed by atoms with Crippen LogP contribution in [-0.2, 0) is 19.1 Å². The average molecular weight is 186 g/mol. The van der Waals surface area contributed by atoms with Gasteiger partial charge >= 0.3 is 5.97 Å². The highest BCUT2D eigenvalue weighted by atomic mass is 16.5. The molecule has 0 saturated heterocycles. The van der Waals surface area contributed by atoms with Crippen molar-refractivity contribution in [2.45, 2.75) is 6.42 Å². The number of carbonyl (C=O) groups excluding carboxylic acids is 3. The number of rotatable bonds is 4. The Labute approximate surface area is 73.4 Å². The van der Waals surface area contributed by atoms with Gasteiger partial charge in [-0.05, 0) is 6.08 Å². The van der Waals surface area contributed by atoms with Crippen molar-refractivity contribution < 1.29 is 29.3 Å². The summed E-state index contributed by atoms with van der Waals surface area (Å²) in [5.74, 6) is -4.27. The number of methoxy groups -OCH3 is 1. The van der Waals surface area contributed by atoms with Crippen LogP contribution in [0.4, 0.5) is 0 Å². The molecule has 0 aromatic rings. The second-order valence-corrected chi connectivity index (χ2v) is 2.03. The van der Waals surface area contributed by atoms with Crippen molar-refractivity contribution in [3.05, 3.63) is 11.6 Å². The Bertz CT molecular complexity index is 264. The second-order valence-electron chi connectivity index (χ2n) is 2.03. The lowest BCUT2D eigenvalue weighted by Gasteiger charge is -2.06. The van der Waals surface area contributed by atoms with Crippen molar-refractivity contribution in [2.75, 3.05) is 7.11 Å². The lowest BCUT2D eigenvalue weighted by atomic mass is 10.2. The second kappa shape index (κ2) is 4.91. The maximum absolute atomic E-state index is 10.7. The molecule has 0 spiro atoms. The summed E-state index contributed by atoms with van der Waals surface area (Å²) in [6, 6.07) is 0. The number of ether oxygens (including phenoxy) is 1. The van der Waals surface area contributed by atoms with Crippen LogP contribution in [0, 0.1) is 0 Å². The van der Waals surface area contributed by atoms with E-state index < -0.39 is 29.9 Å². The third-order valence-corrected chi connectivity index (χ3v) is 1.07. The van der Waals surface area contributed by atoms with Crippen LogP contribution in [0.5, 0.6) is 0 Å². The summed E-state index contributed by atoms with van der Waals surface area (Å²) >= 11 is 0. The highest BCUT2D eigenvalue weighted by molar-refractivity contribution is 5.98. The molecule has 0 radical (unpaired) electrons. The normalized spacial score (nSPS) is 10.7. The molecule has 0 aromatic carbocycles. The molecule has 0 N–H and O–H groups in total. The minimum absolute atomic E-state index is 0.363. The van der Waals surface area contributed by atoms with Crippen LogP contribution in [0.1, 0.15) is 6.42 Å². The van der Waals surface area contributed by atoms with Crippen LogP contribution in [0.2, 0.25) is 0 Å². The van der Waals surface area contributed by atoms with Crippen LogP contribution >= 0.6 is 0 Å². The van der Waals surface area contributed by atoms with E-state index in [2.05, 4.69) is 4.74 Å². The van der Waals surface area contributed by atoms with Crippen LogP contribution in [0.15, 0.2) is 11.6 Å². The number of aliphatic carboxylic acids is 2. The predicted octanol–water partition coefficient (Wildman–Crippen LogP) is -3.02. The van der Waals surface area contributed by atoms with E-state index in [1.54, 1.807) is 0 Å². The van der Waals surface area contributed by atoms with Gasteiger partial charge < -0.3 is 24.5 Å². The minimum atomic E-state index is -1.67. The third-order valence-electron chi connectivity index (χ3n) is 1.07. The molecule has 0 amide bonds. The molecule has 0 aliphatic carbocycles. The number of hydrogen-bond donors (Lipinski definition) is 0. The first-order valence-corrected chi connectivity index (χ1v) is 3.17. The number of carbonyl (C=O) groups is 3. The van der Waals surface area contributed by atoms with E-state index >= 15 is 0 Å². The zero-order valence-electron chi connectivity index (χ0n) is 6.73. The fraction of sp³-hybridized carbons (Fsp3) is 0.286. The van der Waals surface area contributed by atoms with E-state index in [0.717, 1.165) is 7.11 Å². The standard InChI is InChI=1S/C7H8O6/c1-13-7(12)4(2-5(8)9)3-6(10)11/h2H,3H2,1H3,(H,8,9)(H,10,11)/p-2/b4-2+. The van der Waals surface area contributed by atoms with E-state index in [0.29, 0.717) is 6.08 Å². The van der Waals surface area contributed by atoms with Gasteiger partial charge in [-0.25, -0.2) is 4.79 Å². The molecule has 0 aromatic heterocycles. The molecular formula is C7H6O6-2. The lowest BCUT2D eigenvalue weighted by Crippen LogP contribution is -2.26. The summed E-state index contributed by atoms with van der Waals surface area (Å²) < 4.78 is 4.12. The zero-order chi connectivity index (χ0) is 10.4. The highest BCUT2D eigenvalue weighted by Gasteiger charge is 2.09. The predicted molar refractivity (Wildman–Crippen MR) is 34.7 cm³/mol. The van der Waals surface area contributed by atoms with E-state index in [1.165, 1.54) is 0 Å². The molecule has 72 valence electrons. The molecule has 13 heavy (non-hydrogen) atoms. The maximum atomic E-state index is 10.7. The molecule has 0 fully saturated rings. The first kappa shape index (κ1) is 11.2. The molecule has 6 nitrogen and oxygen atoms in total. The average Bonchev–Trinajstić information content (AvgIpc) is 2.00. The summed E-state index contributed by atoms with van der Waals surface area (Å²) in [5, 5.41) is 20.0. The maximum Gasteiger partial charge on any atom is 0.334 e. The largest absolute Gasteiger partial charge is 0.550 e. The topological polar surface area (TPSA) is 107 Å². The van der Waals surface area contributed by atoms with Crippen molar-refractivity contribution >= 4 is 17.9 Å². The summed E-state index contributed by atoms with van der Waals surface area (Å²) in [4.78, 5) is 30.8. The number of carboxylic acids is 2.